The van der Waals surface area contributed by atoms with E-state index >= 15 is 0 Å². The highest BCUT2D eigenvalue weighted by Gasteiger charge is 2.32. The molecule has 0 unspecified atom stereocenters. The number of imide groups is 1. The molecule has 2 aliphatic rings. The van der Waals surface area contributed by atoms with Crippen molar-refractivity contribution < 1.29 is 19.1 Å². The Bertz CT molecular complexity index is 645. The van der Waals surface area contributed by atoms with Gasteiger partial charge in [-0.3, -0.25) is 14.5 Å². The number of hydrogen-bond donors (Lipinski definition) is 1. The maximum atomic E-state index is 12.4. The lowest BCUT2D eigenvalue weighted by atomic mass is 10.2. The van der Waals surface area contributed by atoms with Crippen LogP contribution in [-0.2, 0) is 9.59 Å². The minimum Gasteiger partial charge on any atom is -0.497 e. The van der Waals surface area contributed by atoms with Crippen LogP contribution >= 0.6 is 0 Å². The van der Waals surface area contributed by atoms with E-state index in [-0.39, 0.29) is 24.9 Å². The van der Waals surface area contributed by atoms with Crippen LogP contribution in [0.4, 0.5) is 10.5 Å². The number of urea groups is 1. The Labute approximate surface area is 146 Å². The second-order valence-electron chi connectivity index (χ2n) is 6.06. The second-order valence-corrected chi connectivity index (χ2v) is 6.06. The predicted molar refractivity (Wildman–Crippen MR) is 91.5 cm³/mol. The van der Waals surface area contributed by atoms with Crippen LogP contribution in [-0.4, -0.2) is 74.0 Å². The molecular formula is C17H22N4O4. The van der Waals surface area contributed by atoms with Crippen molar-refractivity contribution in [3.05, 3.63) is 24.3 Å². The number of ether oxygens (including phenoxy) is 1. The number of anilines is 1. The van der Waals surface area contributed by atoms with Gasteiger partial charge in [-0.1, -0.05) is 0 Å². The van der Waals surface area contributed by atoms with E-state index in [1.165, 1.54) is 0 Å². The Balaban J connectivity index is 1.58. The number of nitrogens with one attached hydrogen (secondary N) is 1. The highest BCUT2D eigenvalue weighted by molar-refractivity contribution is 6.04. The molecule has 1 aromatic carbocycles. The van der Waals surface area contributed by atoms with Crippen molar-refractivity contribution in [2.45, 2.75) is 6.42 Å². The van der Waals surface area contributed by atoms with Crippen molar-refractivity contribution in [3.63, 3.8) is 0 Å². The van der Waals surface area contributed by atoms with Crippen LogP contribution in [0.5, 0.6) is 5.75 Å². The predicted octanol–water partition coefficient (Wildman–Crippen LogP) is 0.286. The van der Waals surface area contributed by atoms with E-state index in [9.17, 15) is 14.4 Å². The molecule has 8 nitrogen and oxygen atoms in total. The normalized spacial score (nSPS) is 18.2. The Kier molecular flexibility index (Phi) is 5.06. The summed E-state index contributed by atoms with van der Waals surface area (Å²) in [5.41, 5.74) is 1.09. The van der Waals surface area contributed by atoms with E-state index in [2.05, 4.69) is 10.2 Å². The van der Waals surface area contributed by atoms with Gasteiger partial charge in [0.2, 0.25) is 5.91 Å². The molecule has 2 aliphatic heterocycles. The molecular weight excluding hydrogens is 324 g/mol. The first-order valence-electron chi connectivity index (χ1n) is 8.33. The number of carbonyl (C=O) groups excluding carboxylic acids is 3. The Hall–Kier alpha value is -2.77. The topological polar surface area (TPSA) is 82.2 Å². The Morgan fingerprint density at radius 2 is 1.88 bits per heavy atom. The zero-order valence-electron chi connectivity index (χ0n) is 14.2. The molecule has 134 valence electrons. The number of methoxy groups -OCH3 is 1. The first kappa shape index (κ1) is 17.1. The summed E-state index contributed by atoms with van der Waals surface area (Å²) in [6, 6.07) is 7.35. The van der Waals surface area contributed by atoms with Crippen LogP contribution < -0.4 is 15.0 Å². The standard InChI is InChI=1S/C17H22N4O4/c1-25-14-5-3-13(4-6-14)19-7-2-8-20(10-9-19)16(23)12-21-15(22)11-18-17(21)24/h3-6H,2,7-12H2,1H3,(H,18,24). The smallest absolute Gasteiger partial charge is 0.325 e. The number of hydrogen-bond acceptors (Lipinski definition) is 5. The summed E-state index contributed by atoms with van der Waals surface area (Å²) in [6.07, 6.45) is 0.831. The van der Waals surface area contributed by atoms with Gasteiger partial charge in [0.05, 0.1) is 13.7 Å². The van der Waals surface area contributed by atoms with Gasteiger partial charge in [-0.15, -0.1) is 0 Å². The summed E-state index contributed by atoms with van der Waals surface area (Å²) in [7, 11) is 1.63. The third kappa shape index (κ3) is 3.84. The first-order chi connectivity index (χ1) is 12.1. The minimum atomic E-state index is -0.493. The zero-order chi connectivity index (χ0) is 17.8. The van der Waals surface area contributed by atoms with Crippen LogP contribution in [0.1, 0.15) is 6.42 Å². The summed E-state index contributed by atoms with van der Waals surface area (Å²) in [5, 5.41) is 2.43. The molecule has 0 aliphatic carbocycles. The van der Waals surface area contributed by atoms with Crippen molar-refractivity contribution in [1.29, 1.82) is 0 Å². The van der Waals surface area contributed by atoms with E-state index < -0.39 is 6.03 Å². The van der Waals surface area contributed by atoms with E-state index in [1.807, 2.05) is 24.3 Å². The quantitative estimate of drug-likeness (QED) is 0.792. The van der Waals surface area contributed by atoms with Crippen LogP contribution in [0.15, 0.2) is 24.3 Å². The molecule has 0 aromatic heterocycles. The lowest BCUT2D eigenvalue weighted by Crippen LogP contribution is -2.44. The summed E-state index contributed by atoms with van der Waals surface area (Å²) in [4.78, 5) is 40.5. The molecule has 3 rings (SSSR count). The second kappa shape index (κ2) is 7.42. The number of nitrogens with zero attached hydrogens (tertiary/aromatic N) is 3. The fourth-order valence-electron chi connectivity index (χ4n) is 3.07. The summed E-state index contributed by atoms with van der Waals surface area (Å²) >= 11 is 0. The van der Waals surface area contributed by atoms with Gasteiger partial charge in [0.1, 0.15) is 12.3 Å². The molecule has 0 atom stereocenters. The molecule has 2 saturated heterocycles. The van der Waals surface area contributed by atoms with Crippen molar-refractivity contribution >= 4 is 23.5 Å². The molecule has 1 aromatic rings. The maximum absolute atomic E-state index is 12.4. The van der Waals surface area contributed by atoms with Crippen molar-refractivity contribution in [3.8, 4) is 5.75 Å². The molecule has 1 N–H and O–H groups in total. The number of rotatable bonds is 4. The fraction of sp³-hybridized carbons (Fsp3) is 0.471. The Morgan fingerprint density at radius 1 is 1.12 bits per heavy atom. The monoisotopic (exact) mass is 346 g/mol. The molecule has 25 heavy (non-hydrogen) atoms. The van der Waals surface area contributed by atoms with E-state index in [4.69, 9.17) is 4.74 Å². The molecule has 2 fully saturated rings. The van der Waals surface area contributed by atoms with Gasteiger partial charge in [-0.05, 0) is 30.7 Å². The summed E-state index contributed by atoms with van der Waals surface area (Å²) in [6.45, 7) is 2.52. The SMILES string of the molecule is COc1ccc(N2CCCN(C(=O)CN3C(=O)CNC3=O)CC2)cc1. The third-order valence-electron chi connectivity index (χ3n) is 4.52. The lowest BCUT2D eigenvalue weighted by Gasteiger charge is -2.24. The fourth-order valence-corrected chi connectivity index (χ4v) is 3.07. The van der Waals surface area contributed by atoms with Crippen LogP contribution in [0.2, 0.25) is 0 Å². The van der Waals surface area contributed by atoms with Crippen LogP contribution in [0, 0.1) is 0 Å². The van der Waals surface area contributed by atoms with Gasteiger partial charge in [0.15, 0.2) is 0 Å². The molecule has 0 bridgehead atoms. The molecule has 2 heterocycles. The van der Waals surface area contributed by atoms with Crippen molar-refractivity contribution in [2.24, 2.45) is 0 Å². The van der Waals surface area contributed by atoms with E-state index in [0.717, 1.165) is 29.3 Å². The van der Waals surface area contributed by atoms with Gasteiger partial charge in [-0.25, -0.2) is 4.79 Å². The highest BCUT2D eigenvalue weighted by Crippen LogP contribution is 2.20. The number of carbonyl (C=O) groups is 3. The largest absolute Gasteiger partial charge is 0.497 e. The van der Waals surface area contributed by atoms with E-state index in [1.54, 1.807) is 12.0 Å². The molecule has 8 heteroatoms. The van der Waals surface area contributed by atoms with E-state index in [0.29, 0.717) is 19.6 Å². The zero-order valence-corrected chi connectivity index (χ0v) is 14.2. The Morgan fingerprint density at radius 3 is 2.52 bits per heavy atom. The van der Waals surface area contributed by atoms with Gasteiger partial charge in [0, 0.05) is 31.9 Å². The van der Waals surface area contributed by atoms with Crippen LogP contribution in [0.25, 0.3) is 0 Å². The summed E-state index contributed by atoms with van der Waals surface area (Å²) < 4.78 is 5.17. The van der Waals surface area contributed by atoms with Gasteiger partial charge in [0.25, 0.3) is 5.91 Å². The molecule has 0 saturated carbocycles. The average molecular weight is 346 g/mol. The number of benzene rings is 1. The highest BCUT2D eigenvalue weighted by atomic mass is 16.5. The van der Waals surface area contributed by atoms with Gasteiger partial charge < -0.3 is 19.9 Å². The lowest BCUT2D eigenvalue weighted by molar-refractivity contribution is -0.136. The van der Waals surface area contributed by atoms with Crippen molar-refractivity contribution in [1.82, 2.24) is 15.1 Å². The van der Waals surface area contributed by atoms with Gasteiger partial charge in [-0.2, -0.15) is 0 Å². The summed E-state index contributed by atoms with van der Waals surface area (Å²) in [5.74, 6) is 0.263. The van der Waals surface area contributed by atoms with Gasteiger partial charge >= 0.3 is 6.03 Å². The maximum Gasteiger partial charge on any atom is 0.325 e. The van der Waals surface area contributed by atoms with Crippen molar-refractivity contribution in [2.75, 3.05) is 51.3 Å². The average Bonchev–Trinajstić information content (AvgIpc) is 2.84. The molecule has 0 radical (unpaired) electrons. The molecule has 0 spiro atoms. The minimum absolute atomic E-state index is 0.0304. The molecule has 4 amide bonds. The van der Waals surface area contributed by atoms with Crippen LogP contribution in [0.3, 0.4) is 0 Å². The first-order valence-corrected chi connectivity index (χ1v) is 8.33. The number of amides is 4. The third-order valence-corrected chi connectivity index (χ3v) is 4.52.